The molecular formula is C21H20N4O2S2. The molecule has 1 saturated heterocycles. The van der Waals surface area contributed by atoms with E-state index >= 15 is 0 Å². The summed E-state index contributed by atoms with van der Waals surface area (Å²) in [6.45, 7) is 3.96. The van der Waals surface area contributed by atoms with Crippen molar-refractivity contribution in [1.29, 1.82) is 0 Å². The lowest BCUT2D eigenvalue weighted by atomic mass is 10.1. The predicted molar refractivity (Wildman–Crippen MR) is 120 cm³/mol. The first-order valence-corrected chi connectivity index (χ1v) is 10.9. The highest BCUT2D eigenvalue weighted by Crippen LogP contribution is 2.33. The monoisotopic (exact) mass is 424 g/mol. The Hall–Kier alpha value is -2.71. The Morgan fingerprint density at radius 1 is 1.24 bits per heavy atom. The van der Waals surface area contributed by atoms with Gasteiger partial charge >= 0.3 is 0 Å². The summed E-state index contributed by atoms with van der Waals surface area (Å²) in [6.07, 6.45) is 0.0972. The van der Waals surface area contributed by atoms with Crippen molar-refractivity contribution in [1.82, 2.24) is 9.88 Å². The van der Waals surface area contributed by atoms with Gasteiger partial charge in [0.1, 0.15) is 5.25 Å². The SMILES string of the molecule is Cc1ccc(NC(=O)CC2SC(=Nc3nc4ccccc4s3)N(C)C2=O)c(C)c1. The maximum atomic E-state index is 12.6. The molecule has 2 heterocycles. The Morgan fingerprint density at radius 2 is 2.03 bits per heavy atom. The molecule has 2 aromatic carbocycles. The number of amides is 2. The van der Waals surface area contributed by atoms with Crippen molar-refractivity contribution in [3.63, 3.8) is 0 Å². The van der Waals surface area contributed by atoms with Crippen LogP contribution in [0, 0.1) is 13.8 Å². The summed E-state index contributed by atoms with van der Waals surface area (Å²) in [4.78, 5) is 35.7. The lowest BCUT2D eigenvalue weighted by Crippen LogP contribution is -2.30. The number of aliphatic imine (C=N–C) groups is 1. The van der Waals surface area contributed by atoms with Crippen LogP contribution in [0.25, 0.3) is 10.2 Å². The van der Waals surface area contributed by atoms with Gasteiger partial charge in [0, 0.05) is 19.2 Å². The summed E-state index contributed by atoms with van der Waals surface area (Å²) in [5.74, 6) is -0.303. The van der Waals surface area contributed by atoms with Gasteiger partial charge in [-0.3, -0.25) is 14.5 Å². The highest BCUT2D eigenvalue weighted by Gasteiger charge is 2.37. The number of thioether (sulfide) groups is 1. The van der Waals surface area contributed by atoms with Gasteiger partial charge in [0.25, 0.3) is 0 Å². The number of amidine groups is 1. The Kier molecular flexibility index (Phi) is 5.38. The zero-order valence-electron chi connectivity index (χ0n) is 16.3. The van der Waals surface area contributed by atoms with Crippen molar-refractivity contribution < 1.29 is 9.59 Å². The average molecular weight is 425 g/mol. The normalized spacial score (nSPS) is 18.0. The zero-order valence-corrected chi connectivity index (χ0v) is 17.9. The number of nitrogens with one attached hydrogen (secondary N) is 1. The van der Waals surface area contributed by atoms with Crippen LogP contribution in [0.5, 0.6) is 0 Å². The fraction of sp³-hybridized carbons (Fsp3) is 0.238. The van der Waals surface area contributed by atoms with Crippen molar-refractivity contribution in [2.24, 2.45) is 4.99 Å². The van der Waals surface area contributed by atoms with E-state index in [0.29, 0.717) is 10.3 Å². The minimum atomic E-state index is -0.487. The van der Waals surface area contributed by atoms with Crippen LogP contribution in [0.15, 0.2) is 47.5 Å². The summed E-state index contributed by atoms with van der Waals surface area (Å²) >= 11 is 2.79. The lowest BCUT2D eigenvalue weighted by Gasteiger charge is -2.11. The molecule has 1 atom stereocenters. The third kappa shape index (κ3) is 4.18. The van der Waals surface area contributed by atoms with Crippen LogP contribution in [-0.4, -0.2) is 39.2 Å². The topological polar surface area (TPSA) is 74.7 Å². The van der Waals surface area contributed by atoms with Crippen LogP contribution in [0.2, 0.25) is 0 Å². The maximum Gasteiger partial charge on any atom is 0.242 e. The molecule has 1 N–H and O–H groups in total. The highest BCUT2D eigenvalue weighted by atomic mass is 32.2. The number of thiazole rings is 1. The van der Waals surface area contributed by atoms with Gasteiger partial charge in [-0.1, -0.05) is 52.9 Å². The number of carbonyl (C=O) groups excluding carboxylic acids is 2. The maximum absolute atomic E-state index is 12.6. The first-order valence-electron chi connectivity index (χ1n) is 9.16. The summed E-state index contributed by atoms with van der Waals surface area (Å²) in [6, 6.07) is 13.7. The number of hydrogen-bond acceptors (Lipinski definition) is 6. The summed E-state index contributed by atoms with van der Waals surface area (Å²) in [5.41, 5.74) is 3.80. The second kappa shape index (κ2) is 7.96. The van der Waals surface area contributed by atoms with E-state index in [1.807, 2.05) is 56.3 Å². The van der Waals surface area contributed by atoms with Gasteiger partial charge in [-0.05, 0) is 37.6 Å². The van der Waals surface area contributed by atoms with Crippen molar-refractivity contribution in [2.75, 3.05) is 12.4 Å². The van der Waals surface area contributed by atoms with Gasteiger partial charge in [0.05, 0.1) is 10.2 Å². The number of nitrogens with zero attached hydrogens (tertiary/aromatic N) is 3. The second-order valence-corrected chi connectivity index (χ2v) is 9.11. The summed E-state index contributed by atoms with van der Waals surface area (Å²) in [5, 5.41) is 3.59. The number of carbonyl (C=O) groups is 2. The van der Waals surface area contributed by atoms with E-state index < -0.39 is 5.25 Å². The zero-order chi connectivity index (χ0) is 20.5. The van der Waals surface area contributed by atoms with Crippen molar-refractivity contribution >= 4 is 61.1 Å². The molecular weight excluding hydrogens is 404 g/mol. The number of benzene rings is 2. The van der Waals surface area contributed by atoms with E-state index in [0.717, 1.165) is 27.0 Å². The van der Waals surface area contributed by atoms with Gasteiger partial charge < -0.3 is 5.32 Å². The number of rotatable bonds is 4. The molecule has 8 heteroatoms. The molecule has 148 valence electrons. The van der Waals surface area contributed by atoms with Crippen LogP contribution in [-0.2, 0) is 9.59 Å². The van der Waals surface area contributed by atoms with Crippen LogP contribution in [0.3, 0.4) is 0 Å². The second-order valence-electron chi connectivity index (χ2n) is 6.93. The third-order valence-electron chi connectivity index (χ3n) is 4.64. The van der Waals surface area contributed by atoms with E-state index in [4.69, 9.17) is 0 Å². The molecule has 1 unspecified atom stereocenters. The largest absolute Gasteiger partial charge is 0.326 e. The van der Waals surface area contributed by atoms with Gasteiger partial charge in [0.15, 0.2) is 5.17 Å². The van der Waals surface area contributed by atoms with Crippen LogP contribution in [0.1, 0.15) is 17.5 Å². The minimum Gasteiger partial charge on any atom is -0.326 e. The molecule has 0 bridgehead atoms. The summed E-state index contributed by atoms with van der Waals surface area (Å²) in [7, 11) is 1.68. The van der Waals surface area contributed by atoms with E-state index in [9.17, 15) is 9.59 Å². The van der Waals surface area contributed by atoms with Gasteiger partial charge in [-0.15, -0.1) is 0 Å². The number of fused-ring (bicyclic) bond motifs is 1. The van der Waals surface area contributed by atoms with Gasteiger partial charge in [-0.25, -0.2) is 4.98 Å². The Labute approximate surface area is 177 Å². The molecule has 2 amide bonds. The molecule has 0 spiro atoms. The first-order chi connectivity index (χ1) is 13.9. The number of hydrogen-bond donors (Lipinski definition) is 1. The molecule has 29 heavy (non-hydrogen) atoms. The minimum absolute atomic E-state index is 0.0972. The highest BCUT2D eigenvalue weighted by molar-refractivity contribution is 8.15. The van der Waals surface area contributed by atoms with Gasteiger partial charge in [0.2, 0.25) is 16.9 Å². The molecule has 6 nitrogen and oxygen atoms in total. The standard InChI is InChI=1S/C21H20N4O2S2/c1-12-8-9-14(13(2)10-12)22-18(26)11-17-19(27)25(3)21(29-17)24-20-23-15-6-4-5-7-16(15)28-20/h4-10,17H,11H2,1-3H3,(H,22,26). The van der Waals surface area contributed by atoms with Crippen molar-refractivity contribution in [3.05, 3.63) is 53.6 Å². The smallest absolute Gasteiger partial charge is 0.242 e. The molecule has 0 aliphatic carbocycles. The van der Waals surface area contributed by atoms with Crippen molar-refractivity contribution in [3.8, 4) is 0 Å². The van der Waals surface area contributed by atoms with Crippen molar-refractivity contribution in [2.45, 2.75) is 25.5 Å². The molecule has 1 aliphatic rings. The van der Waals surface area contributed by atoms with Crippen LogP contribution < -0.4 is 5.32 Å². The Bertz CT molecular complexity index is 1110. The molecule has 1 aliphatic heterocycles. The van der Waals surface area contributed by atoms with Gasteiger partial charge in [-0.2, -0.15) is 4.99 Å². The quantitative estimate of drug-likeness (QED) is 0.669. The summed E-state index contributed by atoms with van der Waals surface area (Å²) < 4.78 is 1.05. The van der Waals surface area contributed by atoms with E-state index in [-0.39, 0.29) is 18.2 Å². The number of aromatic nitrogens is 1. The average Bonchev–Trinajstić information content (AvgIpc) is 3.20. The molecule has 0 radical (unpaired) electrons. The molecule has 0 saturated carbocycles. The fourth-order valence-electron chi connectivity index (χ4n) is 3.11. The van der Waals surface area contributed by atoms with E-state index in [2.05, 4.69) is 15.3 Å². The van der Waals surface area contributed by atoms with E-state index in [1.165, 1.54) is 28.0 Å². The number of para-hydroxylation sites is 1. The van der Waals surface area contributed by atoms with Crippen LogP contribution >= 0.6 is 23.1 Å². The molecule has 1 fully saturated rings. The first kappa shape index (κ1) is 19.6. The Morgan fingerprint density at radius 3 is 2.79 bits per heavy atom. The lowest BCUT2D eigenvalue weighted by molar-refractivity contribution is -0.127. The molecule has 3 aromatic rings. The molecule has 1 aromatic heterocycles. The molecule has 4 rings (SSSR count). The van der Waals surface area contributed by atoms with E-state index in [1.54, 1.807) is 7.05 Å². The predicted octanol–water partition coefficient (Wildman–Crippen LogP) is 4.50. The Balaban J connectivity index is 1.46. The van der Waals surface area contributed by atoms with Crippen LogP contribution in [0.4, 0.5) is 10.8 Å². The number of anilines is 1. The third-order valence-corrected chi connectivity index (χ3v) is 6.80. The number of aryl methyl sites for hydroxylation is 2. The fourth-order valence-corrected chi connectivity index (χ4v) is 5.14.